The molecule has 8 nitrogen and oxygen atoms in total. The van der Waals surface area contributed by atoms with Crippen LogP contribution in [0.3, 0.4) is 0 Å². The number of rotatable bonds is 7. The van der Waals surface area contributed by atoms with Gasteiger partial charge in [0.05, 0.1) is 28.7 Å². The summed E-state index contributed by atoms with van der Waals surface area (Å²) in [5.41, 5.74) is -1.88. The highest BCUT2D eigenvalue weighted by Gasteiger charge is 2.50. The summed E-state index contributed by atoms with van der Waals surface area (Å²) in [5, 5.41) is 31.1. The predicted molar refractivity (Wildman–Crippen MR) is 99.6 cm³/mol. The summed E-state index contributed by atoms with van der Waals surface area (Å²) >= 11 is 0. The van der Waals surface area contributed by atoms with Gasteiger partial charge in [-0.2, -0.15) is 5.26 Å². The van der Waals surface area contributed by atoms with Crippen LogP contribution in [0.2, 0.25) is 0 Å². The number of carbonyl (C=O) groups excluding carboxylic acids is 2. The first-order chi connectivity index (χ1) is 13.4. The molecule has 0 aliphatic carbocycles. The zero-order valence-corrected chi connectivity index (χ0v) is 14.9. The van der Waals surface area contributed by atoms with Crippen LogP contribution in [0.1, 0.15) is 35.2 Å². The number of hydrogen-bond acceptors (Lipinski definition) is 6. The van der Waals surface area contributed by atoms with E-state index in [-0.39, 0.29) is 29.8 Å². The maximum Gasteiger partial charge on any atom is 0.280 e. The maximum absolute atomic E-state index is 13.0. The third kappa shape index (κ3) is 3.23. The summed E-state index contributed by atoms with van der Waals surface area (Å²) in [7, 11) is 0. The van der Waals surface area contributed by atoms with Gasteiger partial charge in [-0.25, -0.2) is 0 Å². The molecule has 28 heavy (non-hydrogen) atoms. The molecule has 1 N–H and O–H groups in total. The zero-order valence-electron chi connectivity index (χ0n) is 14.9. The molecule has 0 fully saturated rings. The highest BCUT2D eigenvalue weighted by atomic mass is 16.6. The Morgan fingerprint density at radius 2 is 1.89 bits per heavy atom. The number of anilines is 1. The van der Waals surface area contributed by atoms with Crippen LogP contribution in [0, 0.1) is 21.4 Å². The number of fused-ring (bicyclic) bond motifs is 1. The smallest absolute Gasteiger partial charge is 0.280 e. The van der Waals surface area contributed by atoms with Crippen LogP contribution in [-0.4, -0.2) is 28.3 Å². The molecule has 1 unspecified atom stereocenters. The molecule has 2 aromatic rings. The number of nitro groups is 1. The molecule has 1 aliphatic heterocycles. The van der Waals surface area contributed by atoms with E-state index in [1.807, 2.05) is 6.07 Å². The number of ketones is 1. The van der Waals surface area contributed by atoms with Crippen molar-refractivity contribution in [3.8, 4) is 6.07 Å². The number of para-hydroxylation sites is 2. The molecule has 0 aromatic heterocycles. The minimum absolute atomic E-state index is 0.158. The molecule has 0 radical (unpaired) electrons. The standard InChI is InChI=1S/C20H17N3O5/c21-11-5-6-12-22-17-10-4-2-8-15(17)20(26,19(22)25)13-18(24)14-7-1-3-9-16(14)23(27)28/h1-4,7-10,26H,5-6,12-13H2. The summed E-state index contributed by atoms with van der Waals surface area (Å²) in [4.78, 5) is 37.6. The topological polar surface area (TPSA) is 125 Å². The summed E-state index contributed by atoms with van der Waals surface area (Å²) < 4.78 is 0. The van der Waals surface area contributed by atoms with Gasteiger partial charge in [-0.1, -0.05) is 30.3 Å². The number of Topliss-reactive ketones (excluding diaryl/α,β-unsaturated/α-hetero) is 1. The zero-order chi connectivity index (χ0) is 20.3. The second kappa shape index (κ2) is 7.58. The third-order valence-corrected chi connectivity index (χ3v) is 4.73. The molecule has 1 amide bonds. The van der Waals surface area contributed by atoms with Gasteiger partial charge in [0.1, 0.15) is 0 Å². The lowest BCUT2D eigenvalue weighted by molar-refractivity contribution is -0.385. The van der Waals surface area contributed by atoms with E-state index >= 15 is 0 Å². The van der Waals surface area contributed by atoms with E-state index in [1.54, 1.807) is 24.3 Å². The average molecular weight is 379 g/mol. The van der Waals surface area contributed by atoms with Gasteiger partial charge in [-0.15, -0.1) is 0 Å². The lowest BCUT2D eigenvalue weighted by Gasteiger charge is -2.22. The molecule has 142 valence electrons. The Kier molecular flexibility index (Phi) is 5.20. The van der Waals surface area contributed by atoms with Crippen LogP contribution < -0.4 is 4.90 Å². The fourth-order valence-corrected chi connectivity index (χ4v) is 3.41. The van der Waals surface area contributed by atoms with Crippen LogP contribution in [0.25, 0.3) is 0 Å². The van der Waals surface area contributed by atoms with E-state index in [9.17, 15) is 24.8 Å². The summed E-state index contributed by atoms with van der Waals surface area (Å²) in [6.45, 7) is 0.228. The molecule has 0 saturated carbocycles. The van der Waals surface area contributed by atoms with Crippen LogP contribution in [0.15, 0.2) is 48.5 Å². The van der Waals surface area contributed by atoms with Crippen LogP contribution >= 0.6 is 0 Å². The van der Waals surface area contributed by atoms with Gasteiger partial charge < -0.3 is 10.0 Å². The summed E-state index contributed by atoms with van der Waals surface area (Å²) in [5.74, 6) is -1.37. The molecule has 3 rings (SSSR count). The number of benzene rings is 2. The molecule has 8 heteroatoms. The number of aliphatic hydroxyl groups is 1. The molecule has 0 spiro atoms. The van der Waals surface area contributed by atoms with Crippen molar-refractivity contribution in [2.45, 2.75) is 24.9 Å². The quantitative estimate of drug-likeness (QED) is 0.341. The number of unbranched alkanes of at least 4 members (excludes halogenated alkanes) is 1. The second-order valence-corrected chi connectivity index (χ2v) is 6.47. The minimum Gasteiger partial charge on any atom is -0.375 e. The van der Waals surface area contributed by atoms with E-state index in [4.69, 9.17) is 5.26 Å². The number of carbonyl (C=O) groups is 2. The Labute approximate surface area is 160 Å². The van der Waals surface area contributed by atoms with E-state index in [2.05, 4.69) is 0 Å². The Morgan fingerprint density at radius 3 is 2.61 bits per heavy atom. The second-order valence-electron chi connectivity index (χ2n) is 6.47. The van der Waals surface area contributed by atoms with Crippen molar-refractivity contribution in [3.05, 3.63) is 69.8 Å². The number of nitro benzene ring substituents is 1. The monoisotopic (exact) mass is 379 g/mol. The Hall–Kier alpha value is -3.57. The van der Waals surface area contributed by atoms with Gasteiger partial charge >= 0.3 is 0 Å². The number of amides is 1. The highest BCUT2D eigenvalue weighted by molar-refractivity contribution is 6.11. The Morgan fingerprint density at radius 1 is 1.21 bits per heavy atom. The van der Waals surface area contributed by atoms with Gasteiger partial charge in [0.2, 0.25) is 0 Å². The van der Waals surface area contributed by atoms with E-state index in [1.165, 1.54) is 29.2 Å². The van der Waals surface area contributed by atoms with Gasteiger partial charge in [-0.05, 0) is 18.6 Å². The highest BCUT2D eigenvalue weighted by Crippen LogP contribution is 2.43. The Balaban J connectivity index is 1.95. The number of nitrogens with zero attached hydrogens (tertiary/aromatic N) is 3. The van der Waals surface area contributed by atoms with E-state index in [0.717, 1.165) is 0 Å². The minimum atomic E-state index is -2.11. The molecule has 1 aliphatic rings. The van der Waals surface area contributed by atoms with Crippen molar-refractivity contribution < 1.29 is 19.6 Å². The molecule has 1 atom stereocenters. The fraction of sp³-hybridized carbons (Fsp3) is 0.250. The lowest BCUT2D eigenvalue weighted by atomic mass is 9.88. The van der Waals surface area contributed by atoms with Crippen molar-refractivity contribution in [2.75, 3.05) is 11.4 Å². The van der Waals surface area contributed by atoms with E-state index < -0.39 is 28.6 Å². The normalized spacial score (nSPS) is 17.9. The van der Waals surface area contributed by atoms with Crippen LogP contribution in [0.5, 0.6) is 0 Å². The molecular formula is C20H17N3O5. The molecule has 2 aromatic carbocycles. The molecule has 1 heterocycles. The maximum atomic E-state index is 13.0. The molecule has 0 saturated heterocycles. The predicted octanol–water partition coefficient (Wildman–Crippen LogP) is 2.71. The summed E-state index contributed by atoms with van der Waals surface area (Å²) in [6, 6.07) is 14.0. The number of nitriles is 1. The van der Waals surface area contributed by atoms with Gasteiger partial charge in [0.25, 0.3) is 11.6 Å². The fourth-order valence-electron chi connectivity index (χ4n) is 3.41. The Bertz CT molecular complexity index is 997. The van der Waals surface area contributed by atoms with Crippen molar-refractivity contribution >= 4 is 23.1 Å². The van der Waals surface area contributed by atoms with Crippen LogP contribution in [-0.2, 0) is 10.4 Å². The van der Waals surface area contributed by atoms with E-state index in [0.29, 0.717) is 12.1 Å². The van der Waals surface area contributed by atoms with Crippen molar-refractivity contribution in [1.29, 1.82) is 5.26 Å². The van der Waals surface area contributed by atoms with Gasteiger partial charge in [-0.3, -0.25) is 19.7 Å². The average Bonchev–Trinajstić information content (AvgIpc) is 2.90. The first kappa shape index (κ1) is 19.2. The lowest BCUT2D eigenvalue weighted by Crippen LogP contribution is -2.42. The first-order valence-corrected chi connectivity index (χ1v) is 8.67. The molecule has 0 bridgehead atoms. The van der Waals surface area contributed by atoms with Crippen LogP contribution in [0.4, 0.5) is 11.4 Å². The summed E-state index contributed by atoms with van der Waals surface area (Å²) in [6.07, 6.45) is 0.0622. The van der Waals surface area contributed by atoms with Crippen molar-refractivity contribution in [1.82, 2.24) is 0 Å². The SMILES string of the molecule is N#CCCCN1C(=O)C(O)(CC(=O)c2ccccc2[N+](=O)[O-])c2ccccc21. The van der Waals surface area contributed by atoms with Crippen molar-refractivity contribution in [3.63, 3.8) is 0 Å². The molecular weight excluding hydrogens is 362 g/mol. The van der Waals surface area contributed by atoms with Gasteiger partial charge in [0, 0.05) is 24.6 Å². The number of hydrogen-bond donors (Lipinski definition) is 1. The third-order valence-electron chi connectivity index (χ3n) is 4.73. The largest absolute Gasteiger partial charge is 0.375 e. The first-order valence-electron chi connectivity index (χ1n) is 8.67. The van der Waals surface area contributed by atoms with Gasteiger partial charge in [0.15, 0.2) is 11.4 Å². The van der Waals surface area contributed by atoms with Crippen molar-refractivity contribution in [2.24, 2.45) is 0 Å².